The van der Waals surface area contributed by atoms with E-state index in [9.17, 15) is 10.2 Å². The molecule has 6 heteroatoms. The van der Waals surface area contributed by atoms with E-state index in [1.165, 1.54) is 48.3 Å². The van der Waals surface area contributed by atoms with Gasteiger partial charge in [0.2, 0.25) is 0 Å². The minimum atomic E-state index is 0.342. The van der Waals surface area contributed by atoms with E-state index >= 15 is 0 Å². The molecular formula is C26H32Br2O2S2. The van der Waals surface area contributed by atoms with Crippen LogP contribution in [0.15, 0.2) is 33.2 Å². The Hall–Kier alpha value is -0.820. The second-order valence-corrected chi connectivity index (χ2v) is 12.3. The van der Waals surface area contributed by atoms with Crippen molar-refractivity contribution < 1.29 is 10.2 Å². The Bertz CT molecular complexity index is 941. The van der Waals surface area contributed by atoms with Crippen molar-refractivity contribution in [1.29, 1.82) is 0 Å². The minimum absolute atomic E-state index is 0.342. The third kappa shape index (κ3) is 6.62. The normalized spacial score (nSPS) is 11.4. The highest BCUT2D eigenvalue weighted by atomic mass is 79.9. The van der Waals surface area contributed by atoms with E-state index in [2.05, 4.69) is 45.7 Å². The largest absolute Gasteiger partial charge is 0.506 e. The predicted molar refractivity (Wildman–Crippen MR) is 147 cm³/mol. The highest BCUT2D eigenvalue weighted by molar-refractivity contribution is 9.11. The van der Waals surface area contributed by atoms with Crippen LogP contribution in [0, 0.1) is 0 Å². The van der Waals surface area contributed by atoms with E-state index in [0.717, 1.165) is 55.5 Å². The van der Waals surface area contributed by atoms with E-state index in [-0.39, 0.29) is 0 Å². The Labute approximate surface area is 217 Å². The number of benzene rings is 1. The van der Waals surface area contributed by atoms with Gasteiger partial charge in [0.25, 0.3) is 0 Å². The van der Waals surface area contributed by atoms with Crippen LogP contribution in [0.2, 0.25) is 0 Å². The molecule has 0 aliphatic rings. The topological polar surface area (TPSA) is 40.5 Å². The molecule has 0 saturated carbocycles. The molecule has 0 amide bonds. The number of halogens is 2. The fraction of sp³-hybridized carbons (Fsp3) is 0.462. The first-order chi connectivity index (χ1) is 15.4. The molecule has 0 unspecified atom stereocenters. The molecule has 2 N–H and O–H groups in total. The Morgan fingerprint density at radius 1 is 0.625 bits per heavy atom. The summed E-state index contributed by atoms with van der Waals surface area (Å²) in [7, 11) is 0. The summed E-state index contributed by atoms with van der Waals surface area (Å²) in [5.41, 5.74) is 1.94. The van der Waals surface area contributed by atoms with Gasteiger partial charge in [0, 0.05) is 29.8 Å². The van der Waals surface area contributed by atoms with Crippen LogP contribution in [-0.4, -0.2) is 10.2 Å². The minimum Gasteiger partial charge on any atom is -0.506 e. The van der Waals surface area contributed by atoms with Gasteiger partial charge >= 0.3 is 0 Å². The lowest BCUT2D eigenvalue weighted by Crippen LogP contribution is -1.83. The zero-order chi connectivity index (χ0) is 23.1. The number of hydrogen-bond donors (Lipinski definition) is 2. The molecule has 0 radical (unpaired) electrons. The third-order valence-corrected chi connectivity index (χ3v) is 9.37. The molecular weight excluding hydrogens is 568 g/mol. The van der Waals surface area contributed by atoms with Crippen molar-refractivity contribution in [2.24, 2.45) is 0 Å². The van der Waals surface area contributed by atoms with E-state index in [1.54, 1.807) is 22.7 Å². The Balaban J connectivity index is 1.80. The maximum atomic E-state index is 10.6. The van der Waals surface area contributed by atoms with Crippen molar-refractivity contribution in [3.8, 4) is 32.4 Å². The van der Waals surface area contributed by atoms with Crippen LogP contribution in [0.5, 0.6) is 11.5 Å². The predicted octanol–water partition coefficient (Wildman–Crippen LogP) is 10.3. The van der Waals surface area contributed by atoms with Gasteiger partial charge in [0.1, 0.15) is 11.5 Å². The van der Waals surface area contributed by atoms with Crippen molar-refractivity contribution in [2.45, 2.75) is 78.1 Å². The van der Waals surface area contributed by atoms with E-state index < -0.39 is 0 Å². The second-order valence-electron chi connectivity index (χ2n) is 8.29. The number of aryl methyl sites for hydroxylation is 2. The molecule has 1 aromatic carbocycles. The Kier molecular flexibility index (Phi) is 10.1. The zero-order valence-electron chi connectivity index (χ0n) is 18.8. The van der Waals surface area contributed by atoms with Crippen LogP contribution in [0.4, 0.5) is 0 Å². The maximum Gasteiger partial charge on any atom is 0.134 e. The molecule has 0 bridgehead atoms. The smallest absolute Gasteiger partial charge is 0.134 e. The monoisotopic (exact) mass is 598 g/mol. The standard InChI is InChI=1S/C26H32Br2O2S2/c1-3-5-7-9-11-17-13-23(29)25(31-17)19-15-22(28)20(16-21(19)27)26-24(30)14-18(32-26)12-10-8-6-4-2/h13-16,29-30H,3-12H2,1-2H3. The van der Waals surface area contributed by atoms with Gasteiger partial charge in [-0.25, -0.2) is 0 Å². The van der Waals surface area contributed by atoms with Crippen LogP contribution < -0.4 is 0 Å². The fourth-order valence-electron chi connectivity index (χ4n) is 3.84. The number of unbranched alkanes of at least 4 members (excludes halogenated alkanes) is 6. The van der Waals surface area contributed by atoms with Crippen molar-refractivity contribution >= 4 is 54.5 Å². The van der Waals surface area contributed by atoms with Crippen LogP contribution in [0.25, 0.3) is 20.9 Å². The molecule has 3 rings (SSSR count). The first kappa shape index (κ1) is 25.8. The Morgan fingerprint density at radius 3 is 1.41 bits per heavy atom. The van der Waals surface area contributed by atoms with Crippen LogP contribution >= 0.6 is 54.5 Å². The van der Waals surface area contributed by atoms with E-state index in [0.29, 0.717) is 11.5 Å². The molecule has 2 aromatic heterocycles. The summed E-state index contributed by atoms with van der Waals surface area (Å²) in [6.07, 6.45) is 11.8. The van der Waals surface area contributed by atoms with Crippen LogP contribution in [0.3, 0.4) is 0 Å². The van der Waals surface area contributed by atoms with Gasteiger partial charge in [-0.15, -0.1) is 22.7 Å². The lowest BCUT2D eigenvalue weighted by molar-refractivity contribution is 0.478. The number of rotatable bonds is 12. The molecule has 0 saturated heterocycles. The molecule has 174 valence electrons. The van der Waals surface area contributed by atoms with E-state index in [1.807, 2.05) is 24.3 Å². The molecule has 2 nitrogen and oxygen atoms in total. The summed E-state index contributed by atoms with van der Waals surface area (Å²) in [6, 6.07) is 7.92. The van der Waals surface area contributed by atoms with Crippen molar-refractivity contribution in [1.82, 2.24) is 0 Å². The summed E-state index contributed by atoms with van der Waals surface area (Å²) >= 11 is 10.8. The molecule has 0 aliphatic heterocycles. The lowest BCUT2D eigenvalue weighted by Gasteiger charge is -2.09. The first-order valence-corrected chi connectivity index (χ1v) is 14.8. The van der Waals surface area contributed by atoms with Gasteiger partial charge in [-0.2, -0.15) is 0 Å². The van der Waals surface area contributed by atoms with Crippen LogP contribution in [-0.2, 0) is 12.8 Å². The molecule has 0 fully saturated rings. The number of hydrogen-bond acceptors (Lipinski definition) is 4. The quantitative estimate of drug-likeness (QED) is 0.203. The zero-order valence-corrected chi connectivity index (χ0v) is 23.7. The Morgan fingerprint density at radius 2 is 1.03 bits per heavy atom. The summed E-state index contributed by atoms with van der Waals surface area (Å²) in [6.45, 7) is 4.44. The second kappa shape index (κ2) is 12.6. The molecule has 0 aliphatic carbocycles. The first-order valence-electron chi connectivity index (χ1n) is 11.6. The average Bonchev–Trinajstić information content (AvgIpc) is 3.32. The summed E-state index contributed by atoms with van der Waals surface area (Å²) in [5.74, 6) is 0.684. The van der Waals surface area contributed by atoms with Crippen LogP contribution in [0.1, 0.15) is 75.0 Å². The molecule has 2 heterocycles. The van der Waals surface area contributed by atoms with Crippen molar-refractivity contribution in [2.75, 3.05) is 0 Å². The van der Waals surface area contributed by atoms with Gasteiger partial charge in [-0.05, 0) is 49.9 Å². The molecule has 0 atom stereocenters. The summed E-state index contributed by atoms with van der Waals surface area (Å²) in [5, 5.41) is 21.2. The molecule has 3 aromatic rings. The van der Waals surface area contributed by atoms with E-state index in [4.69, 9.17) is 0 Å². The highest BCUT2D eigenvalue weighted by Gasteiger charge is 2.19. The summed E-state index contributed by atoms with van der Waals surface area (Å²) < 4.78 is 1.84. The van der Waals surface area contributed by atoms with Gasteiger partial charge in [0.15, 0.2) is 0 Å². The average molecular weight is 600 g/mol. The third-order valence-electron chi connectivity index (χ3n) is 5.63. The molecule has 32 heavy (non-hydrogen) atoms. The fourth-order valence-corrected chi connectivity index (χ4v) is 7.43. The van der Waals surface area contributed by atoms with Gasteiger partial charge in [0.05, 0.1) is 9.75 Å². The van der Waals surface area contributed by atoms with Crippen molar-refractivity contribution in [3.63, 3.8) is 0 Å². The SMILES string of the molecule is CCCCCCc1cc(O)c(-c2cc(Br)c(-c3sc(CCCCCC)cc3O)cc2Br)s1. The van der Waals surface area contributed by atoms with Crippen molar-refractivity contribution in [3.05, 3.63) is 43.0 Å². The van der Waals surface area contributed by atoms with Gasteiger partial charge in [-0.3, -0.25) is 0 Å². The molecule has 0 spiro atoms. The maximum absolute atomic E-state index is 10.6. The van der Waals surface area contributed by atoms with Gasteiger partial charge < -0.3 is 10.2 Å². The summed E-state index contributed by atoms with van der Waals surface area (Å²) in [4.78, 5) is 4.23. The van der Waals surface area contributed by atoms with Gasteiger partial charge in [-0.1, -0.05) is 84.2 Å². The lowest BCUT2D eigenvalue weighted by atomic mass is 10.1. The highest BCUT2D eigenvalue weighted by Crippen LogP contribution is 2.47. The number of aromatic hydroxyl groups is 2. The number of thiophene rings is 2.